The second-order valence-corrected chi connectivity index (χ2v) is 7.12. The lowest BCUT2D eigenvalue weighted by atomic mass is 10.1. The molecule has 0 saturated heterocycles. The Labute approximate surface area is 130 Å². The van der Waals surface area contributed by atoms with Gasteiger partial charge in [-0.15, -0.1) is 11.6 Å². The molecule has 0 saturated carbocycles. The summed E-state index contributed by atoms with van der Waals surface area (Å²) in [6.07, 6.45) is 9.31. The minimum Gasteiger partial charge on any atom is -0.120 e. The average Bonchev–Trinajstić information content (AvgIpc) is 2.27. The molecule has 0 rings (SSSR count). The zero-order valence-corrected chi connectivity index (χ0v) is 13.9. The van der Waals surface area contributed by atoms with Gasteiger partial charge in [0.25, 0.3) is 0 Å². The van der Waals surface area contributed by atoms with Crippen LogP contribution in [0.5, 0.6) is 0 Å². The molecule has 0 spiro atoms. The first-order chi connectivity index (χ1) is 7.92. The number of hydrogen-bond acceptors (Lipinski definition) is 0. The van der Waals surface area contributed by atoms with Gasteiger partial charge < -0.3 is 0 Å². The summed E-state index contributed by atoms with van der Waals surface area (Å²) in [5.74, 6) is 0. The molecule has 103 valence electrons. The first kappa shape index (κ1) is 18.4. The van der Waals surface area contributed by atoms with Gasteiger partial charge in [-0.05, 0) is 6.42 Å². The van der Waals surface area contributed by atoms with Gasteiger partial charge >= 0.3 is 0 Å². The fourth-order valence-electron chi connectivity index (χ4n) is 1.58. The molecule has 1 atom stereocenters. The zero-order chi connectivity index (χ0) is 13.3. The average molecular weight is 342 g/mol. The Morgan fingerprint density at radius 3 is 1.88 bits per heavy atom. The Morgan fingerprint density at radius 2 is 1.41 bits per heavy atom. The van der Waals surface area contributed by atoms with E-state index >= 15 is 0 Å². The zero-order valence-electron chi connectivity index (χ0n) is 10.1. The van der Waals surface area contributed by atoms with Gasteiger partial charge in [0.2, 0.25) is 0 Å². The highest BCUT2D eigenvalue weighted by molar-refractivity contribution is 6.67. The van der Waals surface area contributed by atoms with Crippen molar-refractivity contribution in [2.45, 2.75) is 68.0 Å². The third kappa shape index (κ3) is 8.26. The minimum atomic E-state index is -1.34. The lowest BCUT2D eigenvalue weighted by molar-refractivity contribution is 0.562. The van der Waals surface area contributed by atoms with Crippen molar-refractivity contribution in [3.8, 4) is 0 Å². The first-order valence-electron chi connectivity index (χ1n) is 6.13. The molecule has 0 bridgehead atoms. The van der Waals surface area contributed by atoms with Crippen molar-refractivity contribution in [1.29, 1.82) is 0 Å². The number of rotatable bonds is 10. The van der Waals surface area contributed by atoms with Crippen LogP contribution in [0.15, 0.2) is 0 Å². The summed E-state index contributed by atoms with van der Waals surface area (Å²) >= 11 is 29.1. The van der Waals surface area contributed by atoms with Gasteiger partial charge in [-0.3, -0.25) is 0 Å². The Bertz CT molecular complexity index is 182. The number of alkyl halides is 3. The fraction of sp³-hybridized carbons (Fsp3) is 0.917. The van der Waals surface area contributed by atoms with Crippen molar-refractivity contribution >= 4 is 58.0 Å². The smallest absolute Gasteiger partial charge is 0.120 e. The Morgan fingerprint density at radius 1 is 0.941 bits per heavy atom. The maximum Gasteiger partial charge on any atom is 0.188 e. The van der Waals surface area contributed by atoms with Crippen LogP contribution in [0.2, 0.25) is 0 Å². The molecule has 0 aliphatic heterocycles. The van der Waals surface area contributed by atoms with Crippen molar-refractivity contribution in [2.24, 2.45) is 0 Å². The Kier molecular flexibility index (Phi) is 11.1. The van der Waals surface area contributed by atoms with Crippen LogP contribution in [-0.2, 0) is 0 Å². The van der Waals surface area contributed by atoms with Crippen LogP contribution < -0.4 is 0 Å². The molecule has 0 fully saturated rings. The van der Waals surface area contributed by atoms with Crippen LogP contribution in [0, 0.1) is 4.84 Å². The van der Waals surface area contributed by atoms with E-state index in [-0.39, 0.29) is 4.84 Å². The summed E-state index contributed by atoms with van der Waals surface area (Å²) in [4.78, 5) is -0.0798. The SMILES string of the molecule is CCCCCCCCCC(Cl)C(Cl)(Cl)[C](Cl)Cl. The topological polar surface area (TPSA) is 0 Å². The van der Waals surface area contributed by atoms with E-state index in [1.54, 1.807) is 0 Å². The molecular weight excluding hydrogens is 321 g/mol. The predicted molar refractivity (Wildman–Crippen MR) is 81.6 cm³/mol. The quantitative estimate of drug-likeness (QED) is 0.300. The van der Waals surface area contributed by atoms with E-state index in [2.05, 4.69) is 6.92 Å². The van der Waals surface area contributed by atoms with E-state index in [0.29, 0.717) is 0 Å². The van der Waals surface area contributed by atoms with Crippen molar-refractivity contribution < 1.29 is 0 Å². The van der Waals surface area contributed by atoms with Crippen LogP contribution >= 0.6 is 58.0 Å². The van der Waals surface area contributed by atoms with Gasteiger partial charge in [0.05, 0.1) is 5.38 Å². The molecule has 0 nitrogen and oxygen atoms in total. The third-order valence-electron chi connectivity index (χ3n) is 2.71. The molecule has 0 aromatic rings. The van der Waals surface area contributed by atoms with E-state index in [1.807, 2.05) is 0 Å². The van der Waals surface area contributed by atoms with Crippen LogP contribution in [0.25, 0.3) is 0 Å². The highest BCUT2D eigenvalue weighted by Crippen LogP contribution is 2.44. The standard InChI is InChI=1S/C12H20Cl5/c1-2-3-4-5-6-7-8-9-10(13)12(16,17)11(14)15/h10H,2-9H2,1H3. The van der Waals surface area contributed by atoms with Gasteiger partial charge in [-0.2, -0.15) is 0 Å². The summed E-state index contributed by atoms with van der Waals surface area (Å²) in [6.45, 7) is 2.21. The van der Waals surface area contributed by atoms with Gasteiger partial charge in [-0.1, -0.05) is 98.3 Å². The van der Waals surface area contributed by atoms with Crippen LogP contribution in [0.3, 0.4) is 0 Å². The Balaban J connectivity index is 3.54. The van der Waals surface area contributed by atoms with Gasteiger partial charge in [0, 0.05) is 0 Å². The summed E-state index contributed by atoms with van der Waals surface area (Å²) in [7, 11) is 0. The predicted octanol–water partition coefficient (Wildman–Crippen LogP) is 6.88. The molecule has 17 heavy (non-hydrogen) atoms. The summed E-state index contributed by atoms with van der Waals surface area (Å²) < 4.78 is -1.34. The normalized spacial score (nSPS) is 14.3. The molecule has 0 aromatic heterocycles. The fourth-order valence-corrected chi connectivity index (χ4v) is 2.44. The summed E-state index contributed by atoms with van der Waals surface area (Å²) in [5.41, 5.74) is 0. The lowest BCUT2D eigenvalue weighted by Gasteiger charge is -2.25. The van der Waals surface area contributed by atoms with Gasteiger partial charge in [0.15, 0.2) is 9.17 Å². The first-order valence-corrected chi connectivity index (χ1v) is 8.08. The van der Waals surface area contributed by atoms with E-state index in [1.165, 1.54) is 32.1 Å². The molecule has 5 heteroatoms. The monoisotopic (exact) mass is 339 g/mol. The van der Waals surface area contributed by atoms with E-state index in [0.717, 1.165) is 19.3 Å². The largest absolute Gasteiger partial charge is 0.188 e. The van der Waals surface area contributed by atoms with Crippen molar-refractivity contribution in [2.75, 3.05) is 0 Å². The highest BCUT2D eigenvalue weighted by Gasteiger charge is 2.40. The van der Waals surface area contributed by atoms with Crippen molar-refractivity contribution in [3.63, 3.8) is 0 Å². The second kappa shape index (κ2) is 10.3. The minimum absolute atomic E-state index is 0.0798. The number of unbranched alkanes of at least 4 members (excludes halogenated alkanes) is 6. The second-order valence-electron chi connectivity index (χ2n) is 4.26. The molecule has 0 aliphatic rings. The van der Waals surface area contributed by atoms with E-state index in [9.17, 15) is 0 Å². The lowest BCUT2D eigenvalue weighted by Crippen LogP contribution is -2.29. The van der Waals surface area contributed by atoms with E-state index < -0.39 is 9.71 Å². The molecule has 1 radical (unpaired) electrons. The molecule has 0 aliphatic carbocycles. The summed E-state index contributed by atoms with van der Waals surface area (Å²) in [6, 6.07) is 0. The number of halogens is 5. The Hall–Kier alpha value is 1.45. The maximum absolute atomic E-state index is 6.08. The number of hydrogen-bond donors (Lipinski definition) is 0. The molecule has 0 amide bonds. The molecule has 1 unspecified atom stereocenters. The highest BCUT2D eigenvalue weighted by atomic mass is 35.5. The van der Waals surface area contributed by atoms with Gasteiger partial charge in [-0.25, -0.2) is 0 Å². The van der Waals surface area contributed by atoms with Crippen molar-refractivity contribution in [1.82, 2.24) is 0 Å². The molecular formula is C12H20Cl5. The van der Waals surface area contributed by atoms with Crippen molar-refractivity contribution in [3.05, 3.63) is 4.84 Å². The third-order valence-corrected chi connectivity index (χ3v) is 5.36. The molecule has 0 heterocycles. The summed E-state index contributed by atoms with van der Waals surface area (Å²) in [5, 5.41) is -0.438. The maximum atomic E-state index is 6.08. The van der Waals surface area contributed by atoms with Gasteiger partial charge in [0.1, 0.15) is 0 Å². The van der Waals surface area contributed by atoms with Crippen LogP contribution in [0.4, 0.5) is 0 Å². The van der Waals surface area contributed by atoms with Crippen LogP contribution in [0.1, 0.15) is 58.3 Å². The molecule has 0 aromatic carbocycles. The van der Waals surface area contributed by atoms with E-state index in [4.69, 9.17) is 58.0 Å². The van der Waals surface area contributed by atoms with Crippen LogP contribution in [-0.4, -0.2) is 9.71 Å². The molecule has 0 N–H and O–H groups in total.